The molecule has 0 bridgehead atoms. The van der Waals surface area contributed by atoms with Crippen LogP contribution in [0, 0.1) is 0 Å². The van der Waals surface area contributed by atoms with Gasteiger partial charge in [-0.25, -0.2) is 14.4 Å². The highest BCUT2D eigenvalue weighted by Gasteiger charge is 2.50. The number of hydrogen-bond donors (Lipinski definition) is 3. The zero-order valence-electron chi connectivity index (χ0n) is 14.2. The third-order valence-corrected chi connectivity index (χ3v) is 3.56. The Hall–Kier alpha value is -2.62. The average Bonchev–Trinajstić information content (AvgIpc) is 2.55. The highest BCUT2D eigenvalue weighted by atomic mass is 19.4. The summed E-state index contributed by atoms with van der Waals surface area (Å²) in [6.45, 7) is 4.24. The fraction of sp³-hybridized carbons (Fsp3) is 0.438. The Morgan fingerprint density at radius 1 is 0.885 bits per heavy atom. The summed E-state index contributed by atoms with van der Waals surface area (Å²) < 4.78 is 31.7. The van der Waals surface area contributed by atoms with Crippen molar-refractivity contribution in [1.82, 2.24) is 4.90 Å². The fourth-order valence-corrected chi connectivity index (χ4v) is 2.28. The largest absolute Gasteiger partial charge is 0.490 e. The molecule has 0 saturated heterocycles. The van der Waals surface area contributed by atoms with E-state index >= 15 is 0 Å². The van der Waals surface area contributed by atoms with Crippen LogP contribution >= 0.6 is 0 Å². The molecule has 1 aromatic rings. The first-order valence-electron chi connectivity index (χ1n) is 7.49. The third-order valence-electron chi connectivity index (χ3n) is 3.56. The van der Waals surface area contributed by atoms with Crippen molar-refractivity contribution in [2.45, 2.75) is 32.0 Å². The minimum Gasteiger partial charge on any atom is -0.479 e. The highest BCUT2D eigenvalue weighted by molar-refractivity contribution is 6.03. The van der Waals surface area contributed by atoms with Gasteiger partial charge in [-0.05, 0) is 18.7 Å². The van der Waals surface area contributed by atoms with Crippen molar-refractivity contribution in [2.75, 3.05) is 13.1 Å². The molecule has 146 valence electrons. The third kappa shape index (κ3) is 6.03. The van der Waals surface area contributed by atoms with E-state index in [9.17, 15) is 33.0 Å². The molecule has 0 aliphatic heterocycles. The molecule has 0 heterocycles. The van der Waals surface area contributed by atoms with Gasteiger partial charge in [-0.1, -0.05) is 44.2 Å². The van der Waals surface area contributed by atoms with Gasteiger partial charge in [0.1, 0.15) is 0 Å². The minimum absolute atomic E-state index is 0.0554. The molecule has 0 saturated carbocycles. The maximum absolute atomic E-state index is 11.6. The molecule has 0 amide bonds. The van der Waals surface area contributed by atoms with Crippen LogP contribution < -0.4 is 0 Å². The first-order valence-corrected chi connectivity index (χ1v) is 7.49. The number of carbonyl (C=O) groups is 3. The number of nitrogens with zero attached hydrogens (tertiary/aromatic N) is 1. The predicted octanol–water partition coefficient (Wildman–Crippen LogP) is 2.11. The number of hydrogen-bond acceptors (Lipinski definition) is 4. The van der Waals surface area contributed by atoms with Crippen molar-refractivity contribution < 1.29 is 42.9 Å². The number of carboxylic acids is 3. The van der Waals surface area contributed by atoms with Crippen LogP contribution in [0.5, 0.6) is 0 Å². The molecule has 0 aliphatic carbocycles. The Balaban J connectivity index is 0.000000758. The monoisotopic (exact) mass is 379 g/mol. The van der Waals surface area contributed by atoms with E-state index in [4.69, 9.17) is 9.90 Å². The molecule has 0 radical (unpaired) electrons. The van der Waals surface area contributed by atoms with E-state index in [1.54, 1.807) is 38.1 Å². The average molecular weight is 379 g/mol. The number of benzene rings is 1. The van der Waals surface area contributed by atoms with Gasteiger partial charge in [-0.2, -0.15) is 13.2 Å². The molecular formula is C16H20F3NO6. The summed E-state index contributed by atoms with van der Waals surface area (Å²) in [5.41, 5.74) is -1.22. The van der Waals surface area contributed by atoms with Gasteiger partial charge in [-0.15, -0.1) is 0 Å². The highest BCUT2D eigenvalue weighted by Crippen LogP contribution is 2.22. The topological polar surface area (TPSA) is 115 Å². The van der Waals surface area contributed by atoms with E-state index in [-0.39, 0.29) is 6.42 Å². The first-order chi connectivity index (χ1) is 11.9. The number of aliphatic carboxylic acids is 3. The van der Waals surface area contributed by atoms with E-state index in [2.05, 4.69) is 0 Å². The smallest absolute Gasteiger partial charge is 0.479 e. The lowest BCUT2D eigenvalue weighted by Crippen LogP contribution is -2.61. The summed E-state index contributed by atoms with van der Waals surface area (Å²) in [6, 6.07) is 8.83. The Bertz CT molecular complexity index is 600. The summed E-state index contributed by atoms with van der Waals surface area (Å²) in [5, 5.41) is 26.1. The van der Waals surface area contributed by atoms with Gasteiger partial charge in [0.05, 0.1) is 0 Å². The van der Waals surface area contributed by atoms with Gasteiger partial charge >= 0.3 is 24.1 Å². The van der Waals surface area contributed by atoms with Gasteiger partial charge in [0.2, 0.25) is 5.54 Å². The first kappa shape index (κ1) is 23.4. The standard InChI is InChI=1S/C14H19NO4.C2HF3O2/c1-3-15(4-2)14(12(16)17,13(18)19)10-11-8-6-5-7-9-11;3-2(4,5)1(6)7/h5-9H,3-4,10H2,1-2H3,(H,16,17)(H,18,19);(H,6,7). The molecule has 26 heavy (non-hydrogen) atoms. The van der Waals surface area contributed by atoms with Crippen LogP contribution in [-0.4, -0.2) is 62.9 Å². The summed E-state index contributed by atoms with van der Waals surface area (Å²) in [7, 11) is 0. The molecule has 0 atom stereocenters. The van der Waals surface area contributed by atoms with Crippen molar-refractivity contribution >= 4 is 17.9 Å². The number of halogens is 3. The summed E-state index contributed by atoms with van der Waals surface area (Å²) in [6.07, 6.45) is -5.14. The van der Waals surface area contributed by atoms with E-state index in [1.807, 2.05) is 6.07 Å². The summed E-state index contributed by atoms with van der Waals surface area (Å²) in [5.74, 6) is -5.41. The van der Waals surface area contributed by atoms with E-state index in [1.165, 1.54) is 4.90 Å². The normalized spacial score (nSPS) is 11.5. The molecule has 1 aromatic carbocycles. The predicted molar refractivity (Wildman–Crippen MR) is 84.8 cm³/mol. The second-order valence-electron chi connectivity index (χ2n) is 5.11. The van der Waals surface area contributed by atoms with Crippen molar-refractivity contribution in [1.29, 1.82) is 0 Å². The SMILES string of the molecule is CCN(CC)C(Cc1ccccc1)(C(=O)O)C(=O)O.O=C(O)C(F)(F)F. The molecule has 1 rings (SSSR count). The molecule has 0 fully saturated rings. The van der Waals surface area contributed by atoms with E-state index in [0.717, 1.165) is 0 Å². The zero-order chi connectivity index (χ0) is 20.5. The molecule has 7 nitrogen and oxygen atoms in total. The van der Waals surface area contributed by atoms with Crippen molar-refractivity contribution in [3.05, 3.63) is 35.9 Å². The lowest BCUT2D eigenvalue weighted by atomic mass is 9.88. The quantitative estimate of drug-likeness (QED) is 0.622. The zero-order valence-corrected chi connectivity index (χ0v) is 14.2. The molecule has 0 spiro atoms. The lowest BCUT2D eigenvalue weighted by Gasteiger charge is -2.36. The van der Waals surface area contributed by atoms with Crippen LogP contribution in [0.2, 0.25) is 0 Å². The van der Waals surface area contributed by atoms with Gasteiger partial charge in [0.15, 0.2) is 0 Å². The van der Waals surface area contributed by atoms with Crippen LogP contribution in [-0.2, 0) is 20.8 Å². The molecule has 10 heteroatoms. The van der Waals surface area contributed by atoms with Crippen LogP contribution in [0.4, 0.5) is 13.2 Å². The van der Waals surface area contributed by atoms with Crippen LogP contribution in [0.3, 0.4) is 0 Å². The van der Waals surface area contributed by atoms with Crippen LogP contribution in [0.1, 0.15) is 19.4 Å². The van der Waals surface area contributed by atoms with Gasteiger partial charge in [-0.3, -0.25) is 4.90 Å². The maximum Gasteiger partial charge on any atom is 0.490 e. The molecule has 0 aliphatic rings. The number of carboxylic acid groups (broad SMARTS) is 3. The van der Waals surface area contributed by atoms with Crippen molar-refractivity contribution in [3.63, 3.8) is 0 Å². The van der Waals surface area contributed by atoms with Crippen LogP contribution in [0.15, 0.2) is 30.3 Å². The lowest BCUT2D eigenvalue weighted by molar-refractivity contribution is -0.192. The van der Waals surface area contributed by atoms with Crippen molar-refractivity contribution in [2.24, 2.45) is 0 Å². The minimum atomic E-state index is -5.08. The van der Waals surface area contributed by atoms with E-state index in [0.29, 0.717) is 18.7 Å². The molecule has 0 unspecified atom stereocenters. The van der Waals surface area contributed by atoms with Gasteiger partial charge in [0, 0.05) is 6.42 Å². The Kier molecular flexibility index (Phi) is 8.77. The Morgan fingerprint density at radius 2 is 1.27 bits per heavy atom. The molecule has 0 aromatic heterocycles. The molecular weight excluding hydrogens is 359 g/mol. The second-order valence-corrected chi connectivity index (χ2v) is 5.11. The second kappa shape index (κ2) is 9.76. The number of alkyl halides is 3. The van der Waals surface area contributed by atoms with Crippen molar-refractivity contribution in [3.8, 4) is 0 Å². The fourth-order valence-electron chi connectivity index (χ4n) is 2.28. The molecule has 3 N–H and O–H groups in total. The van der Waals surface area contributed by atoms with Gasteiger partial charge in [0.25, 0.3) is 0 Å². The number of likely N-dealkylation sites (N-methyl/N-ethyl adjacent to an activating group) is 1. The number of rotatable bonds is 7. The van der Waals surface area contributed by atoms with Gasteiger partial charge < -0.3 is 15.3 Å². The summed E-state index contributed by atoms with van der Waals surface area (Å²) in [4.78, 5) is 33.6. The summed E-state index contributed by atoms with van der Waals surface area (Å²) >= 11 is 0. The Morgan fingerprint density at radius 3 is 1.54 bits per heavy atom. The Labute approximate surface area is 147 Å². The van der Waals surface area contributed by atoms with Crippen LogP contribution in [0.25, 0.3) is 0 Å². The maximum atomic E-state index is 11.6. The van der Waals surface area contributed by atoms with E-state index < -0.39 is 29.6 Å².